The van der Waals surface area contributed by atoms with E-state index < -0.39 is 16.8 Å². The first-order valence-corrected chi connectivity index (χ1v) is 6.15. The summed E-state index contributed by atoms with van der Waals surface area (Å²) in [6.45, 7) is 0. The summed E-state index contributed by atoms with van der Waals surface area (Å²) in [4.78, 5) is 26.6. The third-order valence-corrected chi connectivity index (χ3v) is 2.64. The highest BCUT2D eigenvalue weighted by atomic mass is 16.6. The van der Waals surface area contributed by atoms with Gasteiger partial charge in [0, 0.05) is 19.8 Å². The second-order valence-electron chi connectivity index (χ2n) is 4.42. The van der Waals surface area contributed by atoms with E-state index in [9.17, 15) is 14.9 Å². The van der Waals surface area contributed by atoms with Crippen LogP contribution in [0.25, 0.3) is 0 Å². The van der Waals surface area contributed by atoms with Gasteiger partial charge in [-0.3, -0.25) is 4.79 Å². The molecule has 1 amide bonds. The number of aromatic nitrogens is 3. The molecule has 10 nitrogen and oxygen atoms in total. The summed E-state index contributed by atoms with van der Waals surface area (Å²) in [5, 5.41) is 19.6. The van der Waals surface area contributed by atoms with Crippen LogP contribution in [0.5, 0.6) is 0 Å². The molecule has 2 N–H and O–H groups in total. The van der Waals surface area contributed by atoms with E-state index in [1.165, 1.54) is 6.21 Å². The summed E-state index contributed by atoms with van der Waals surface area (Å²) < 4.78 is 0. The molecule has 2 rings (SSSR count). The zero-order chi connectivity index (χ0) is 16.1. The van der Waals surface area contributed by atoms with Gasteiger partial charge in [-0.25, -0.2) is 5.43 Å². The summed E-state index contributed by atoms with van der Waals surface area (Å²) in [7, 11) is 3.86. The Labute approximate surface area is 125 Å². The summed E-state index contributed by atoms with van der Waals surface area (Å²) in [6, 6.07) is 7.48. The Morgan fingerprint density at radius 3 is 2.64 bits per heavy atom. The monoisotopic (exact) mass is 303 g/mol. The Hall–Kier alpha value is -3.30. The summed E-state index contributed by atoms with van der Waals surface area (Å²) in [6.07, 6.45) is 1.44. The number of nitrogens with zero attached hydrogens (tertiary/aromatic N) is 5. The quantitative estimate of drug-likeness (QED) is 0.471. The molecule has 22 heavy (non-hydrogen) atoms. The molecule has 0 bridgehead atoms. The van der Waals surface area contributed by atoms with Gasteiger partial charge < -0.3 is 15.0 Å². The van der Waals surface area contributed by atoms with Crippen LogP contribution in [0.1, 0.15) is 16.2 Å². The topological polar surface area (TPSA) is 129 Å². The number of hydrazone groups is 1. The van der Waals surface area contributed by atoms with Crippen LogP contribution in [0, 0.1) is 10.1 Å². The van der Waals surface area contributed by atoms with Gasteiger partial charge in [0.05, 0.1) is 6.21 Å². The number of H-pyrrole nitrogens is 1. The van der Waals surface area contributed by atoms with Gasteiger partial charge in [-0.05, 0) is 27.6 Å². The number of anilines is 1. The zero-order valence-corrected chi connectivity index (χ0v) is 11.8. The Morgan fingerprint density at radius 2 is 2.09 bits per heavy atom. The molecule has 0 saturated carbocycles. The van der Waals surface area contributed by atoms with Gasteiger partial charge in [-0.2, -0.15) is 5.10 Å². The van der Waals surface area contributed by atoms with E-state index in [2.05, 4.69) is 20.6 Å². The predicted molar refractivity (Wildman–Crippen MR) is 78.9 cm³/mol. The average molecular weight is 303 g/mol. The molecule has 0 aliphatic carbocycles. The van der Waals surface area contributed by atoms with Crippen molar-refractivity contribution < 1.29 is 9.72 Å². The van der Waals surface area contributed by atoms with Gasteiger partial charge in [-0.1, -0.05) is 17.2 Å². The summed E-state index contributed by atoms with van der Waals surface area (Å²) >= 11 is 0. The van der Waals surface area contributed by atoms with Crippen molar-refractivity contribution in [1.29, 1.82) is 0 Å². The summed E-state index contributed by atoms with van der Waals surface area (Å²) in [5.74, 6) is -1.70. The Kier molecular flexibility index (Phi) is 4.41. The van der Waals surface area contributed by atoms with Gasteiger partial charge in [0.25, 0.3) is 0 Å². The molecule has 0 unspecified atom stereocenters. The number of nitrogens with one attached hydrogen (secondary N) is 2. The lowest BCUT2D eigenvalue weighted by molar-refractivity contribution is -0.394. The van der Waals surface area contributed by atoms with Crippen LogP contribution in [0.3, 0.4) is 0 Å². The van der Waals surface area contributed by atoms with Gasteiger partial charge in [-0.15, -0.1) is 5.10 Å². The highest BCUT2D eigenvalue weighted by Gasteiger charge is 2.20. The van der Waals surface area contributed by atoms with Gasteiger partial charge in [0.2, 0.25) is 0 Å². The Bertz CT molecular complexity index is 706. The lowest BCUT2D eigenvalue weighted by atomic mass is 10.2. The number of nitro groups is 1. The molecular weight excluding hydrogens is 290 g/mol. The molecule has 0 radical (unpaired) electrons. The first kappa shape index (κ1) is 15.1. The van der Waals surface area contributed by atoms with Gasteiger partial charge >= 0.3 is 17.7 Å². The molecule has 0 spiro atoms. The van der Waals surface area contributed by atoms with Crippen molar-refractivity contribution >= 4 is 23.8 Å². The number of aromatic amines is 1. The average Bonchev–Trinajstić information content (AvgIpc) is 2.98. The number of carbonyl (C=O) groups is 1. The maximum Gasteiger partial charge on any atom is 0.454 e. The number of benzene rings is 1. The minimum Gasteiger partial charge on any atom is -0.390 e. The lowest BCUT2D eigenvalue weighted by Gasteiger charge is -2.11. The van der Waals surface area contributed by atoms with Gasteiger partial charge in [0.15, 0.2) is 0 Å². The minimum absolute atomic E-state index is 0.355. The van der Waals surface area contributed by atoms with Crippen molar-refractivity contribution in [3.8, 4) is 0 Å². The highest BCUT2D eigenvalue weighted by molar-refractivity contribution is 5.91. The Balaban J connectivity index is 1.96. The third kappa shape index (κ3) is 3.62. The molecule has 0 aliphatic rings. The second kappa shape index (κ2) is 6.43. The van der Waals surface area contributed by atoms with Crippen molar-refractivity contribution in [2.24, 2.45) is 5.10 Å². The highest BCUT2D eigenvalue weighted by Crippen LogP contribution is 2.10. The van der Waals surface area contributed by atoms with Crippen molar-refractivity contribution in [2.45, 2.75) is 0 Å². The zero-order valence-electron chi connectivity index (χ0n) is 11.8. The van der Waals surface area contributed by atoms with Crippen molar-refractivity contribution in [3.63, 3.8) is 0 Å². The predicted octanol–water partition coefficient (Wildman–Crippen LogP) is 0.543. The molecule has 1 aromatic heterocycles. The normalized spacial score (nSPS) is 10.6. The first-order valence-electron chi connectivity index (χ1n) is 6.15. The fraction of sp³-hybridized carbons (Fsp3) is 0.167. The lowest BCUT2D eigenvalue weighted by Crippen LogP contribution is -2.19. The van der Waals surface area contributed by atoms with E-state index in [1.54, 1.807) is 0 Å². The standard InChI is InChI=1S/C12H13N7O3/c1-18(2)9-5-3-8(4-6-9)7-13-16-11(20)10-14-12(17-15-10)19(21)22/h3-7H,1-2H3,(H,16,20)(H,14,15,17). The maximum absolute atomic E-state index is 11.6. The van der Waals surface area contributed by atoms with Crippen molar-refractivity contribution in [3.05, 3.63) is 45.8 Å². The van der Waals surface area contributed by atoms with E-state index in [4.69, 9.17) is 0 Å². The molecule has 0 atom stereocenters. The van der Waals surface area contributed by atoms with E-state index >= 15 is 0 Å². The molecule has 0 saturated heterocycles. The van der Waals surface area contributed by atoms with Crippen LogP contribution in [0.4, 0.5) is 11.6 Å². The van der Waals surface area contributed by atoms with Crippen LogP contribution >= 0.6 is 0 Å². The maximum atomic E-state index is 11.6. The van der Waals surface area contributed by atoms with Crippen LogP contribution in [-0.2, 0) is 0 Å². The molecule has 1 aromatic carbocycles. The number of amides is 1. The fourth-order valence-electron chi connectivity index (χ4n) is 1.51. The number of hydrogen-bond acceptors (Lipinski definition) is 7. The molecule has 2 aromatic rings. The van der Waals surface area contributed by atoms with E-state index in [0.29, 0.717) is 0 Å². The van der Waals surface area contributed by atoms with Crippen LogP contribution < -0.4 is 10.3 Å². The number of carbonyl (C=O) groups excluding carboxylic acids is 1. The van der Waals surface area contributed by atoms with E-state index in [-0.39, 0.29) is 5.82 Å². The van der Waals surface area contributed by atoms with Crippen LogP contribution in [-0.4, -0.2) is 46.3 Å². The van der Waals surface area contributed by atoms with Gasteiger partial charge in [0.1, 0.15) is 0 Å². The van der Waals surface area contributed by atoms with Crippen LogP contribution in [0.15, 0.2) is 29.4 Å². The number of hydrogen-bond donors (Lipinski definition) is 2. The molecule has 0 fully saturated rings. The molecular formula is C12H13N7O3. The van der Waals surface area contributed by atoms with Crippen molar-refractivity contribution in [1.82, 2.24) is 20.6 Å². The van der Waals surface area contributed by atoms with Crippen molar-refractivity contribution in [2.75, 3.05) is 19.0 Å². The molecule has 1 heterocycles. The first-order chi connectivity index (χ1) is 10.5. The fourth-order valence-corrected chi connectivity index (χ4v) is 1.51. The van der Waals surface area contributed by atoms with E-state index in [1.807, 2.05) is 48.4 Å². The SMILES string of the molecule is CN(C)c1ccc(C=NNC(=O)c2n[nH]c([N+](=O)[O-])n2)cc1. The third-order valence-electron chi connectivity index (χ3n) is 2.64. The molecule has 114 valence electrons. The molecule has 0 aliphatic heterocycles. The van der Waals surface area contributed by atoms with Crippen LogP contribution in [0.2, 0.25) is 0 Å². The largest absolute Gasteiger partial charge is 0.454 e. The minimum atomic E-state index is -0.778. The number of rotatable bonds is 5. The smallest absolute Gasteiger partial charge is 0.390 e. The summed E-state index contributed by atoms with van der Waals surface area (Å²) in [5.41, 5.74) is 4.01. The van der Waals surface area contributed by atoms with E-state index in [0.717, 1.165) is 11.3 Å². The Morgan fingerprint density at radius 1 is 1.41 bits per heavy atom. The second-order valence-corrected chi connectivity index (χ2v) is 4.42. The molecule has 10 heteroatoms.